The van der Waals surface area contributed by atoms with Crippen LogP contribution < -0.4 is 4.90 Å². The molecule has 2 aliphatic rings. The topological polar surface area (TPSA) is 22.9 Å². The fourth-order valence-corrected chi connectivity index (χ4v) is 1.46. The standard InChI is InChI=1S/C6H11NO2/c1-7-2-5-6(3-7)9-4-8-5/h5-7H,1-4H2/t5-,6+. The summed E-state index contributed by atoms with van der Waals surface area (Å²) in [5, 5.41) is 0. The van der Waals surface area contributed by atoms with Crippen molar-refractivity contribution in [2.45, 2.75) is 12.2 Å². The first kappa shape index (κ1) is 5.65. The molecule has 2 fully saturated rings. The molecule has 3 heteroatoms. The van der Waals surface area contributed by atoms with Crippen LogP contribution in [0.3, 0.4) is 0 Å². The Hall–Kier alpha value is -0.120. The Morgan fingerprint density at radius 3 is 2.33 bits per heavy atom. The molecule has 0 aromatic carbocycles. The fraction of sp³-hybridized carbons (Fsp3) is 0.833. The molecule has 0 radical (unpaired) electrons. The predicted molar refractivity (Wildman–Crippen MR) is 30.7 cm³/mol. The average Bonchev–Trinajstić information content (AvgIpc) is 2.22. The highest BCUT2D eigenvalue weighted by Gasteiger charge is 2.38. The lowest BCUT2D eigenvalue weighted by Gasteiger charge is -2.12. The molecule has 0 amide bonds. The molecular weight excluding hydrogens is 118 g/mol. The minimum atomic E-state index is 0.331. The number of hydrogen-bond donors (Lipinski definition) is 1. The Kier molecular flexibility index (Phi) is 1.22. The zero-order valence-electron chi connectivity index (χ0n) is 5.30. The maximum Gasteiger partial charge on any atom is 0.148 e. The van der Waals surface area contributed by atoms with Gasteiger partial charge in [0.15, 0.2) is 0 Å². The first-order valence-electron chi connectivity index (χ1n) is 3.26. The fourth-order valence-electron chi connectivity index (χ4n) is 1.46. The molecule has 0 bridgehead atoms. The lowest BCUT2D eigenvalue weighted by atomic mass is 10.3. The van der Waals surface area contributed by atoms with E-state index in [-0.39, 0.29) is 0 Å². The molecule has 52 valence electrons. The van der Waals surface area contributed by atoms with Gasteiger partial charge in [-0.25, -0.2) is 0 Å². The van der Waals surface area contributed by atoms with Crippen LogP contribution in [0.1, 0.15) is 0 Å². The molecule has 0 saturated carbocycles. The van der Waals surface area contributed by atoms with Crippen LogP contribution in [-0.2, 0) is 9.47 Å². The molecule has 3 atom stereocenters. The summed E-state index contributed by atoms with van der Waals surface area (Å²) in [5.74, 6) is 0. The minimum absolute atomic E-state index is 0.331. The number of ether oxygens (including phenoxy) is 2. The van der Waals surface area contributed by atoms with Gasteiger partial charge in [-0.3, -0.25) is 0 Å². The lowest BCUT2D eigenvalue weighted by molar-refractivity contribution is -0.844. The molecule has 2 rings (SSSR count). The van der Waals surface area contributed by atoms with Crippen LogP contribution in [-0.4, -0.2) is 32.1 Å². The Bertz CT molecular complexity index is 106. The van der Waals surface area contributed by atoms with Gasteiger partial charge in [-0.15, -0.1) is 0 Å². The molecule has 9 heavy (non-hydrogen) atoms. The van der Waals surface area contributed by atoms with Gasteiger partial charge in [0.05, 0.1) is 13.1 Å². The number of rotatable bonds is 0. The normalized spacial score (nSPS) is 49.7. The van der Waals surface area contributed by atoms with Gasteiger partial charge < -0.3 is 14.4 Å². The highest BCUT2D eigenvalue weighted by molar-refractivity contribution is 4.77. The molecule has 2 aliphatic heterocycles. The van der Waals surface area contributed by atoms with Crippen molar-refractivity contribution < 1.29 is 14.4 Å². The number of hydrogen-bond acceptors (Lipinski definition) is 2. The van der Waals surface area contributed by atoms with E-state index in [0.717, 1.165) is 13.1 Å². The molecule has 1 unspecified atom stereocenters. The second kappa shape index (κ2) is 1.94. The van der Waals surface area contributed by atoms with Crippen molar-refractivity contribution in [3.05, 3.63) is 7.05 Å². The van der Waals surface area contributed by atoms with Crippen LogP contribution in [0.25, 0.3) is 0 Å². The van der Waals surface area contributed by atoms with Crippen molar-refractivity contribution in [3.8, 4) is 0 Å². The van der Waals surface area contributed by atoms with Crippen molar-refractivity contribution in [1.29, 1.82) is 0 Å². The third-order valence-corrected chi connectivity index (χ3v) is 1.96. The number of nitrogens with one attached hydrogen (secondary N) is 1. The molecule has 3 nitrogen and oxygen atoms in total. The van der Waals surface area contributed by atoms with E-state index in [1.807, 2.05) is 0 Å². The summed E-state index contributed by atoms with van der Waals surface area (Å²) in [4.78, 5) is 1.27. The van der Waals surface area contributed by atoms with Crippen molar-refractivity contribution in [2.24, 2.45) is 0 Å². The molecule has 0 spiro atoms. The van der Waals surface area contributed by atoms with Crippen molar-refractivity contribution in [1.82, 2.24) is 0 Å². The number of likely N-dealkylation sites (tertiary alicyclic amines) is 1. The minimum Gasteiger partial charge on any atom is -0.463 e. The van der Waals surface area contributed by atoms with Gasteiger partial charge in [-0.2, -0.15) is 7.05 Å². The zero-order valence-corrected chi connectivity index (χ0v) is 5.30. The quantitative estimate of drug-likeness (QED) is 0.399. The first-order valence-corrected chi connectivity index (χ1v) is 3.26. The van der Waals surface area contributed by atoms with Gasteiger partial charge in [0.2, 0.25) is 0 Å². The van der Waals surface area contributed by atoms with E-state index < -0.39 is 0 Å². The van der Waals surface area contributed by atoms with Gasteiger partial charge in [0.1, 0.15) is 19.0 Å². The Morgan fingerprint density at radius 1 is 1.22 bits per heavy atom. The number of fused-ring (bicyclic) bond motifs is 1. The second-order valence-electron chi connectivity index (χ2n) is 2.69. The third-order valence-electron chi connectivity index (χ3n) is 1.96. The van der Waals surface area contributed by atoms with E-state index in [4.69, 9.17) is 9.47 Å². The summed E-state index contributed by atoms with van der Waals surface area (Å²) >= 11 is 0. The van der Waals surface area contributed by atoms with Crippen LogP contribution in [0, 0.1) is 7.05 Å². The third kappa shape index (κ3) is 0.852. The van der Waals surface area contributed by atoms with E-state index in [1.165, 1.54) is 4.90 Å². The van der Waals surface area contributed by atoms with Gasteiger partial charge in [0.25, 0.3) is 0 Å². The lowest BCUT2D eigenvalue weighted by Crippen LogP contribution is -3.05. The SMILES string of the molecule is [CH2-][NH+]1C[C@@H]2OCO[C@@H]2C1. The molecule has 1 N–H and O–H groups in total. The van der Waals surface area contributed by atoms with E-state index in [2.05, 4.69) is 7.05 Å². The number of quaternary nitrogens is 1. The maximum absolute atomic E-state index is 5.26. The van der Waals surface area contributed by atoms with Gasteiger partial charge >= 0.3 is 0 Å². The molecule has 0 aromatic heterocycles. The largest absolute Gasteiger partial charge is 0.463 e. The van der Waals surface area contributed by atoms with E-state index in [1.54, 1.807) is 0 Å². The van der Waals surface area contributed by atoms with Gasteiger partial charge in [-0.05, 0) is 0 Å². The molecular formula is C6H11NO2. The average molecular weight is 129 g/mol. The molecule has 2 heterocycles. The highest BCUT2D eigenvalue weighted by atomic mass is 16.7. The Labute approximate surface area is 54.5 Å². The smallest absolute Gasteiger partial charge is 0.148 e. The summed E-state index contributed by atoms with van der Waals surface area (Å²) in [6, 6.07) is 0. The Morgan fingerprint density at radius 2 is 1.78 bits per heavy atom. The monoisotopic (exact) mass is 129 g/mol. The summed E-state index contributed by atoms with van der Waals surface area (Å²) in [5.41, 5.74) is 0. The van der Waals surface area contributed by atoms with E-state index in [0.29, 0.717) is 19.0 Å². The van der Waals surface area contributed by atoms with Crippen molar-refractivity contribution in [2.75, 3.05) is 19.9 Å². The predicted octanol–water partition coefficient (Wildman–Crippen LogP) is -1.58. The van der Waals surface area contributed by atoms with E-state index >= 15 is 0 Å². The van der Waals surface area contributed by atoms with Gasteiger partial charge in [-0.1, -0.05) is 0 Å². The second-order valence-corrected chi connectivity index (χ2v) is 2.69. The van der Waals surface area contributed by atoms with Crippen LogP contribution in [0.2, 0.25) is 0 Å². The molecule has 0 aromatic rings. The molecule has 0 aliphatic carbocycles. The zero-order chi connectivity index (χ0) is 6.27. The summed E-state index contributed by atoms with van der Waals surface area (Å²) < 4.78 is 10.5. The maximum atomic E-state index is 5.26. The van der Waals surface area contributed by atoms with Crippen LogP contribution in [0.15, 0.2) is 0 Å². The van der Waals surface area contributed by atoms with Crippen molar-refractivity contribution >= 4 is 0 Å². The Balaban J connectivity index is 2.02. The van der Waals surface area contributed by atoms with Crippen LogP contribution in [0.5, 0.6) is 0 Å². The van der Waals surface area contributed by atoms with Gasteiger partial charge in [0, 0.05) is 0 Å². The summed E-state index contributed by atoms with van der Waals surface area (Å²) in [6.45, 7) is 2.50. The molecule has 2 saturated heterocycles. The first-order chi connectivity index (χ1) is 4.36. The van der Waals surface area contributed by atoms with Crippen molar-refractivity contribution in [3.63, 3.8) is 0 Å². The summed E-state index contributed by atoms with van der Waals surface area (Å²) in [7, 11) is 3.88. The van der Waals surface area contributed by atoms with Crippen LogP contribution in [0.4, 0.5) is 0 Å². The highest BCUT2D eigenvalue weighted by Crippen LogP contribution is 2.12. The van der Waals surface area contributed by atoms with Crippen LogP contribution >= 0.6 is 0 Å². The van der Waals surface area contributed by atoms with E-state index in [9.17, 15) is 0 Å². The summed E-state index contributed by atoms with van der Waals surface area (Å²) in [6.07, 6.45) is 0.662.